The maximum Gasteiger partial charge on any atom is 0.268 e. The summed E-state index contributed by atoms with van der Waals surface area (Å²) in [5.74, 6) is 0.590. The molecule has 0 fully saturated rings. The molecule has 0 bridgehead atoms. The van der Waals surface area contributed by atoms with Gasteiger partial charge in [-0.3, -0.25) is 4.79 Å². The number of nitrogens with one attached hydrogen (secondary N) is 1. The van der Waals surface area contributed by atoms with Gasteiger partial charge in [0, 0.05) is 6.07 Å². The van der Waals surface area contributed by atoms with Gasteiger partial charge < -0.3 is 9.51 Å². The van der Waals surface area contributed by atoms with E-state index in [1.54, 1.807) is 18.2 Å². The Hall–Kier alpha value is -1.55. The summed E-state index contributed by atoms with van der Waals surface area (Å²) in [7, 11) is 0. The zero-order chi connectivity index (χ0) is 10.1. The molecule has 0 aliphatic heterocycles. The molecular weight excluding hydrogens is 204 g/mol. The molecule has 72 valence electrons. The van der Waals surface area contributed by atoms with Crippen LogP contribution in [-0.2, 0) is 0 Å². The molecule has 0 aliphatic carbocycles. The van der Waals surface area contributed by atoms with Crippen molar-refractivity contribution in [3.63, 3.8) is 0 Å². The third kappa shape index (κ3) is 1.56. The van der Waals surface area contributed by atoms with Crippen molar-refractivity contribution in [2.75, 3.05) is 0 Å². The molecule has 5 heteroatoms. The smallest absolute Gasteiger partial charge is 0.268 e. The Morgan fingerprint density at radius 3 is 2.86 bits per heavy atom. The van der Waals surface area contributed by atoms with Gasteiger partial charge >= 0.3 is 0 Å². The number of carbonyl (C=O) groups is 1. The first-order valence-electron chi connectivity index (χ1n) is 3.99. The van der Waals surface area contributed by atoms with Crippen LogP contribution in [0.1, 0.15) is 16.2 Å². The van der Waals surface area contributed by atoms with Gasteiger partial charge in [0.25, 0.3) is 5.24 Å². The average molecular weight is 211 g/mol. The zero-order valence-electron chi connectivity index (χ0n) is 7.37. The summed E-state index contributed by atoms with van der Waals surface area (Å²) in [6.07, 6.45) is 0. The Labute approximate surface area is 84.9 Å². The van der Waals surface area contributed by atoms with Crippen molar-refractivity contribution in [3.05, 3.63) is 29.6 Å². The number of rotatable bonds is 2. The Bertz CT molecular complexity index is 473. The van der Waals surface area contributed by atoms with E-state index in [1.807, 2.05) is 6.92 Å². The van der Waals surface area contributed by atoms with Crippen molar-refractivity contribution >= 4 is 16.8 Å². The van der Waals surface area contributed by atoms with E-state index < -0.39 is 5.24 Å². The second-order valence-corrected chi connectivity index (χ2v) is 3.24. The van der Waals surface area contributed by atoms with Gasteiger partial charge in [-0.15, -0.1) is 0 Å². The molecule has 0 unspecified atom stereocenters. The highest BCUT2D eigenvalue weighted by atomic mass is 35.5. The van der Waals surface area contributed by atoms with Gasteiger partial charge in [-0.1, -0.05) is 5.16 Å². The van der Waals surface area contributed by atoms with Crippen molar-refractivity contribution in [1.82, 2.24) is 10.1 Å². The van der Waals surface area contributed by atoms with Gasteiger partial charge in [0.1, 0.15) is 0 Å². The predicted octanol–water partition coefficient (Wildman–Crippen LogP) is 2.36. The fraction of sp³-hybridized carbons (Fsp3) is 0.111. The van der Waals surface area contributed by atoms with Crippen LogP contribution in [0.5, 0.6) is 0 Å². The van der Waals surface area contributed by atoms with E-state index in [1.165, 1.54) is 0 Å². The minimum absolute atomic E-state index is 0.343. The first kappa shape index (κ1) is 9.02. The molecule has 14 heavy (non-hydrogen) atoms. The Balaban J connectivity index is 2.38. The number of halogens is 1. The van der Waals surface area contributed by atoms with Crippen molar-refractivity contribution < 1.29 is 9.32 Å². The van der Waals surface area contributed by atoms with Crippen molar-refractivity contribution in [2.45, 2.75) is 6.92 Å². The summed E-state index contributed by atoms with van der Waals surface area (Å²) < 4.78 is 5.01. The normalized spacial score (nSPS) is 10.4. The first-order valence-corrected chi connectivity index (χ1v) is 4.37. The predicted molar refractivity (Wildman–Crippen MR) is 51.2 cm³/mol. The van der Waals surface area contributed by atoms with E-state index in [0.717, 1.165) is 5.69 Å². The fourth-order valence-corrected chi connectivity index (χ4v) is 1.25. The topological polar surface area (TPSA) is 58.9 Å². The summed E-state index contributed by atoms with van der Waals surface area (Å²) in [5, 5.41) is 3.21. The lowest BCUT2D eigenvalue weighted by molar-refractivity contribution is 0.107. The number of aromatic nitrogens is 2. The van der Waals surface area contributed by atoms with E-state index in [-0.39, 0.29) is 0 Å². The minimum atomic E-state index is -0.521. The third-order valence-corrected chi connectivity index (χ3v) is 1.99. The van der Waals surface area contributed by atoms with E-state index in [4.69, 9.17) is 16.1 Å². The second kappa shape index (κ2) is 3.31. The third-order valence-electron chi connectivity index (χ3n) is 1.79. The molecule has 0 atom stereocenters. The van der Waals surface area contributed by atoms with Crippen LogP contribution in [0.4, 0.5) is 0 Å². The van der Waals surface area contributed by atoms with Crippen LogP contribution in [0.25, 0.3) is 11.5 Å². The number of aryl methyl sites for hydroxylation is 1. The molecule has 0 saturated carbocycles. The molecule has 2 aromatic heterocycles. The molecule has 0 radical (unpaired) electrons. The highest BCUT2D eigenvalue weighted by Crippen LogP contribution is 2.19. The number of H-pyrrole nitrogens is 1. The largest absolute Gasteiger partial charge is 0.354 e. The molecule has 1 N–H and O–H groups in total. The van der Waals surface area contributed by atoms with Crippen LogP contribution in [-0.4, -0.2) is 15.4 Å². The summed E-state index contributed by atoms with van der Waals surface area (Å²) in [6, 6.07) is 5.09. The van der Waals surface area contributed by atoms with Gasteiger partial charge in [-0.2, -0.15) is 0 Å². The summed E-state index contributed by atoms with van der Waals surface area (Å²) >= 11 is 5.29. The molecule has 2 rings (SSSR count). The number of hydrogen-bond donors (Lipinski definition) is 1. The van der Waals surface area contributed by atoms with Gasteiger partial charge in [0.15, 0.2) is 5.76 Å². The summed E-state index contributed by atoms with van der Waals surface area (Å²) in [5.41, 5.74) is 1.82. The first-order chi connectivity index (χ1) is 6.66. The van der Waals surface area contributed by atoms with Gasteiger partial charge in [0.2, 0.25) is 0 Å². The van der Waals surface area contributed by atoms with Gasteiger partial charge in [-0.25, -0.2) is 0 Å². The standard InChI is InChI=1S/C9H7ClN2O2/c1-5-4-8(14-12-5)6-2-3-7(11-6)9(10)13/h2-4,11H,1H3. The van der Waals surface area contributed by atoms with E-state index in [0.29, 0.717) is 17.1 Å². The van der Waals surface area contributed by atoms with Crippen LogP contribution >= 0.6 is 11.6 Å². The van der Waals surface area contributed by atoms with Crippen LogP contribution in [0, 0.1) is 6.92 Å². The molecule has 0 aromatic carbocycles. The molecule has 2 aromatic rings. The summed E-state index contributed by atoms with van der Waals surface area (Å²) in [6.45, 7) is 1.82. The van der Waals surface area contributed by atoms with Crippen molar-refractivity contribution in [3.8, 4) is 11.5 Å². The van der Waals surface area contributed by atoms with Crippen LogP contribution in [0.2, 0.25) is 0 Å². The minimum Gasteiger partial charge on any atom is -0.354 e. The highest BCUT2D eigenvalue weighted by Gasteiger charge is 2.09. The van der Waals surface area contributed by atoms with Gasteiger partial charge in [0.05, 0.1) is 17.1 Å². The number of carbonyl (C=O) groups excluding carboxylic acids is 1. The lowest BCUT2D eigenvalue weighted by atomic mass is 10.3. The van der Waals surface area contributed by atoms with Crippen LogP contribution in [0.3, 0.4) is 0 Å². The van der Waals surface area contributed by atoms with E-state index >= 15 is 0 Å². The molecule has 0 aliphatic rings. The van der Waals surface area contributed by atoms with Crippen molar-refractivity contribution in [2.24, 2.45) is 0 Å². The lowest BCUT2D eigenvalue weighted by Crippen LogP contribution is -1.87. The molecule has 2 heterocycles. The van der Waals surface area contributed by atoms with Gasteiger partial charge in [-0.05, 0) is 30.7 Å². The highest BCUT2D eigenvalue weighted by molar-refractivity contribution is 6.67. The average Bonchev–Trinajstić information content (AvgIpc) is 2.70. The SMILES string of the molecule is Cc1cc(-c2ccc(C(=O)Cl)[nH]2)on1. The molecule has 0 spiro atoms. The number of nitrogens with zero attached hydrogens (tertiary/aromatic N) is 1. The molecule has 0 saturated heterocycles. The van der Waals surface area contributed by atoms with E-state index in [9.17, 15) is 4.79 Å². The zero-order valence-corrected chi connectivity index (χ0v) is 8.13. The molecular formula is C9H7ClN2O2. The quantitative estimate of drug-likeness (QED) is 0.774. The Kier molecular flexibility index (Phi) is 2.13. The maximum atomic E-state index is 10.8. The lowest BCUT2D eigenvalue weighted by Gasteiger charge is -1.88. The Morgan fingerprint density at radius 2 is 2.36 bits per heavy atom. The number of aromatic amines is 1. The summed E-state index contributed by atoms with van der Waals surface area (Å²) in [4.78, 5) is 13.6. The second-order valence-electron chi connectivity index (χ2n) is 2.89. The maximum absolute atomic E-state index is 10.8. The Morgan fingerprint density at radius 1 is 1.57 bits per heavy atom. The van der Waals surface area contributed by atoms with Crippen LogP contribution < -0.4 is 0 Å². The molecule has 0 amide bonds. The van der Waals surface area contributed by atoms with Crippen LogP contribution in [0.15, 0.2) is 22.7 Å². The van der Waals surface area contributed by atoms with E-state index in [2.05, 4.69) is 10.1 Å². The van der Waals surface area contributed by atoms with Crippen molar-refractivity contribution in [1.29, 1.82) is 0 Å². The monoisotopic (exact) mass is 210 g/mol. The molecule has 4 nitrogen and oxygen atoms in total. The number of hydrogen-bond acceptors (Lipinski definition) is 3. The fourth-order valence-electron chi connectivity index (χ4n) is 1.14.